The quantitative estimate of drug-likeness (QED) is 0.162. The van der Waals surface area contributed by atoms with Crippen LogP contribution >= 0.6 is 0 Å². The van der Waals surface area contributed by atoms with Crippen molar-refractivity contribution < 1.29 is 19.1 Å². The van der Waals surface area contributed by atoms with Crippen molar-refractivity contribution in [1.82, 2.24) is 0 Å². The maximum atomic E-state index is 11.4. The average Bonchev–Trinajstić information content (AvgIpc) is 2.69. The van der Waals surface area contributed by atoms with Crippen LogP contribution in [0, 0.1) is 5.92 Å². The zero-order valence-electron chi connectivity index (χ0n) is 21.3. The molecule has 0 amide bonds. The number of allylic oxidation sites excluding steroid dienone is 6. The summed E-state index contributed by atoms with van der Waals surface area (Å²) < 4.78 is 5.02. The monoisotopic (exact) mass is 434 g/mol. The summed E-state index contributed by atoms with van der Waals surface area (Å²) in [5.74, 6) is 1.44. The van der Waals surface area contributed by atoms with Crippen LogP contribution in [0.4, 0.5) is 0 Å². The van der Waals surface area contributed by atoms with E-state index in [1.54, 1.807) is 6.92 Å². The van der Waals surface area contributed by atoms with Gasteiger partial charge in [-0.1, -0.05) is 66.0 Å². The normalized spacial score (nSPS) is 16.3. The average molecular weight is 435 g/mol. The molecule has 0 aromatic heterocycles. The maximum Gasteiger partial charge on any atom is 0.307 e. The molecule has 0 spiro atoms. The Morgan fingerprint density at radius 1 is 1.13 bits per heavy atom. The van der Waals surface area contributed by atoms with Gasteiger partial charge in [0.05, 0.1) is 0 Å². The van der Waals surface area contributed by atoms with Gasteiger partial charge in [-0.3, -0.25) is 14.4 Å². The van der Waals surface area contributed by atoms with Crippen LogP contribution in [0.25, 0.3) is 0 Å². The summed E-state index contributed by atoms with van der Waals surface area (Å²) in [6.45, 7) is 15.5. The molecule has 0 saturated carbocycles. The Labute approximate surface area is 191 Å². The number of Topliss-reactive ketones (excluding diaryl/α,β-unsaturated/α-hetero) is 2. The van der Waals surface area contributed by atoms with E-state index in [-0.39, 0.29) is 11.8 Å². The molecule has 1 unspecified atom stereocenters. The van der Waals surface area contributed by atoms with E-state index in [9.17, 15) is 14.4 Å². The lowest BCUT2D eigenvalue weighted by Gasteiger charge is -2.12. The first-order valence-electron chi connectivity index (χ1n) is 11.9. The standard InChI is InChI=1S/C16H26O3.C8H12O.C3H8/c1-5-7-8-9-15(10-11-16(18)6-2)12-13(3)19-14(4)17;1-6-3-4-8(9)7(2)5-6;1-3-2/h10,12H,5-9,11H2,1-4H3;5-6H,3-4H2,1-2H3;3H2,1-2H3/b13-12+,15-10-;;. The van der Waals surface area contributed by atoms with Gasteiger partial charge in [-0.15, -0.1) is 0 Å². The number of esters is 1. The lowest BCUT2D eigenvalue weighted by Crippen LogP contribution is -2.09. The van der Waals surface area contributed by atoms with E-state index < -0.39 is 0 Å². The second-order valence-corrected chi connectivity index (χ2v) is 8.18. The van der Waals surface area contributed by atoms with Crippen molar-refractivity contribution in [3.63, 3.8) is 0 Å². The number of ketones is 2. The Balaban J connectivity index is 0. The first kappa shape index (κ1) is 31.2. The van der Waals surface area contributed by atoms with Crippen molar-refractivity contribution in [2.75, 3.05) is 0 Å². The summed E-state index contributed by atoms with van der Waals surface area (Å²) in [4.78, 5) is 33.1. The molecular formula is C27H46O4. The Morgan fingerprint density at radius 2 is 1.74 bits per heavy atom. The molecule has 4 nitrogen and oxygen atoms in total. The topological polar surface area (TPSA) is 60.4 Å². The lowest BCUT2D eigenvalue weighted by molar-refractivity contribution is -0.136. The third-order valence-electron chi connectivity index (χ3n) is 4.55. The molecule has 0 aliphatic heterocycles. The molecule has 0 N–H and O–H groups in total. The summed E-state index contributed by atoms with van der Waals surface area (Å²) in [7, 11) is 0. The second-order valence-electron chi connectivity index (χ2n) is 8.18. The first-order valence-corrected chi connectivity index (χ1v) is 11.9. The number of carbonyl (C=O) groups is 3. The third-order valence-corrected chi connectivity index (χ3v) is 4.55. The first-order chi connectivity index (χ1) is 14.6. The van der Waals surface area contributed by atoms with Crippen LogP contribution in [0.3, 0.4) is 0 Å². The summed E-state index contributed by atoms with van der Waals surface area (Å²) >= 11 is 0. The number of rotatable bonds is 9. The highest BCUT2D eigenvalue weighted by Crippen LogP contribution is 2.18. The van der Waals surface area contributed by atoms with Crippen LogP contribution < -0.4 is 0 Å². The molecule has 4 heteroatoms. The van der Waals surface area contributed by atoms with Gasteiger partial charge in [0.1, 0.15) is 11.5 Å². The van der Waals surface area contributed by atoms with Crippen LogP contribution in [0.15, 0.2) is 35.1 Å². The Kier molecular flexibility index (Phi) is 20.1. The minimum Gasteiger partial charge on any atom is -0.432 e. The number of hydrogen-bond acceptors (Lipinski definition) is 4. The van der Waals surface area contributed by atoms with E-state index >= 15 is 0 Å². The minimum atomic E-state index is -0.314. The number of hydrogen-bond donors (Lipinski definition) is 0. The molecule has 1 aliphatic rings. The molecule has 1 aliphatic carbocycles. The minimum absolute atomic E-state index is 0.228. The van der Waals surface area contributed by atoms with Crippen molar-refractivity contribution in [1.29, 1.82) is 0 Å². The SMILES string of the molecule is CC1=CC(C)CCC1=O.CCC.CCCCCC(=C/CC(=O)CC)/C=C(\C)OC(C)=O. The van der Waals surface area contributed by atoms with Gasteiger partial charge in [-0.25, -0.2) is 0 Å². The highest BCUT2D eigenvalue weighted by atomic mass is 16.5. The highest BCUT2D eigenvalue weighted by Gasteiger charge is 2.13. The van der Waals surface area contributed by atoms with Crippen LogP contribution in [0.1, 0.15) is 113 Å². The van der Waals surface area contributed by atoms with Crippen LogP contribution in [0.5, 0.6) is 0 Å². The van der Waals surface area contributed by atoms with E-state index in [1.165, 1.54) is 19.8 Å². The van der Waals surface area contributed by atoms with Crippen LogP contribution in [-0.2, 0) is 19.1 Å². The van der Waals surface area contributed by atoms with E-state index in [0.717, 1.165) is 43.3 Å². The van der Waals surface area contributed by atoms with Gasteiger partial charge < -0.3 is 4.74 Å². The Hall–Kier alpha value is -1.97. The van der Waals surface area contributed by atoms with Gasteiger partial charge in [-0.05, 0) is 56.3 Å². The van der Waals surface area contributed by atoms with Crippen molar-refractivity contribution in [2.24, 2.45) is 5.92 Å². The molecule has 0 saturated heterocycles. The van der Waals surface area contributed by atoms with E-state index in [0.29, 0.717) is 30.3 Å². The fraction of sp³-hybridized carbons (Fsp3) is 0.667. The van der Waals surface area contributed by atoms with E-state index in [2.05, 4.69) is 33.8 Å². The molecule has 0 aromatic rings. The lowest BCUT2D eigenvalue weighted by atomic mass is 9.92. The van der Waals surface area contributed by atoms with Crippen LogP contribution in [-0.4, -0.2) is 17.5 Å². The molecule has 1 atom stereocenters. The molecule has 0 fully saturated rings. The highest BCUT2D eigenvalue weighted by molar-refractivity contribution is 5.95. The van der Waals surface area contributed by atoms with E-state index in [1.807, 2.05) is 26.0 Å². The largest absolute Gasteiger partial charge is 0.432 e. The van der Waals surface area contributed by atoms with Crippen LogP contribution in [0.2, 0.25) is 0 Å². The second kappa shape index (κ2) is 20.0. The summed E-state index contributed by atoms with van der Waals surface area (Å²) in [5, 5.41) is 0. The Morgan fingerprint density at radius 3 is 2.19 bits per heavy atom. The molecule has 1 rings (SSSR count). The molecule has 0 aromatic carbocycles. The predicted molar refractivity (Wildman–Crippen MR) is 131 cm³/mol. The van der Waals surface area contributed by atoms with Crippen molar-refractivity contribution in [2.45, 2.75) is 113 Å². The fourth-order valence-electron chi connectivity index (χ4n) is 2.88. The number of ether oxygens (including phenoxy) is 1. The zero-order chi connectivity index (χ0) is 24.2. The predicted octanol–water partition coefficient (Wildman–Crippen LogP) is 7.68. The molecular weight excluding hydrogens is 388 g/mol. The fourth-order valence-corrected chi connectivity index (χ4v) is 2.88. The number of carbonyl (C=O) groups excluding carboxylic acids is 3. The molecule has 31 heavy (non-hydrogen) atoms. The third kappa shape index (κ3) is 19.7. The maximum absolute atomic E-state index is 11.4. The summed E-state index contributed by atoms with van der Waals surface area (Å²) in [5.41, 5.74) is 2.03. The van der Waals surface area contributed by atoms with Gasteiger partial charge in [0.2, 0.25) is 0 Å². The summed E-state index contributed by atoms with van der Waals surface area (Å²) in [6.07, 6.45) is 14.3. The van der Waals surface area contributed by atoms with Gasteiger partial charge in [-0.2, -0.15) is 0 Å². The molecule has 0 heterocycles. The Bertz CT molecular complexity index is 623. The van der Waals surface area contributed by atoms with Gasteiger partial charge in [0.15, 0.2) is 5.78 Å². The zero-order valence-corrected chi connectivity index (χ0v) is 21.3. The van der Waals surface area contributed by atoms with Crippen molar-refractivity contribution in [3.05, 3.63) is 35.1 Å². The van der Waals surface area contributed by atoms with E-state index in [4.69, 9.17) is 4.74 Å². The van der Waals surface area contributed by atoms with Crippen molar-refractivity contribution in [3.8, 4) is 0 Å². The smallest absolute Gasteiger partial charge is 0.307 e. The van der Waals surface area contributed by atoms with Gasteiger partial charge >= 0.3 is 5.97 Å². The number of unbranched alkanes of at least 4 members (excludes halogenated alkanes) is 2. The molecule has 0 bridgehead atoms. The summed E-state index contributed by atoms with van der Waals surface area (Å²) in [6, 6.07) is 0. The van der Waals surface area contributed by atoms with Crippen molar-refractivity contribution >= 4 is 17.5 Å². The molecule has 178 valence electrons. The molecule has 0 radical (unpaired) electrons. The van der Waals surface area contributed by atoms with Gasteiger partial charge in [0.25, 0.3) is 0 Å². The van der Waals surface area contributed by atoms with Gasteiger partial charge in [0, 0.05) is 26.2 Å².